The standard InChI is InChI=1S/C30H37IN2O9/c1-4-41-18-27(36)33(10-8-19-6-5-7-22(12-19)39-2)24-15-21(30(38)32-9-11-34)16-25(28(24)37)42-29-23(31)13-20(17-35)14-26(29)40-3/h5-7,12-14,16-17,24-25,28,34,37H,4,8-11,15,18H2,1-3H3,(H,32,38). The van der Waals surface area contributed by atoms with E-state index >= 15 is 0 Å². The topological polar surface area (TPSA) is 144 Å². The second-order valence-corrected chi connectivity index (χ2v) is 10.7. The Morgan fingerprint density at radius 3 is 2.64 bits per heavy atom. The number of amides is 2. The van der Waals surface area contributed by atoms with Gasteiger partial charge < -0.3 is 39.4 Å². The molecule has 0 spiro atoms. The number of aldehydes is 1. The zero-order valence-electron chi connectivity index (χ0n) is 23.9. The van der Waals surface area contributed by atoms with Gasteiger partial charge in [-0.25, -0.2) is 0 Å². The van der Waals surface area contributed by atoms with E-state index in [2.05, 4.69) is 5.32 Å². The van der Waals surface area contributed by atoms with Crippen LogP contribution in [0.1, 0.15) is 29.3 Å². The first-order valence-electron chi connectivity index (χ1n) is 13.5. The van der Waals surface area contributed by atoms with E-state index in [4.69, 9.17) is 18.9 Å². The van der Waals surface area contributed by atoms with Gasteiger partial charge in [-0.3, -0.25) is 14.4 Å². The van der Waals surface area contributed by atoms with Gasteiger partial charge in [-0.05, 0) is 71.8 Å². The number of rotatable bonds is 15. The molecule has 2 aromatic rings. The smallest absolute Gasteiger partial charge is 0.248 e. The molecule has 0 heterocycles. The summed E-state index contributed by atoms with van der Waals surface area (Å²) >= 11 is 2.00. The zero-order chi connectivity index (χ0) is 30.6. The second kappa shape index (κ2) is 16.4. The minimum Gasteiger partial charge on any atom is -0.497 e. The molecule has 0 aromatic heterocycles. The summed E-state index contributed by atoms with van der Waals surface area (Å²) in [6, 6.07) is 9.77. The molecule has 11 nitrogen and oxygen atoms in total. The molecule has 228 valence electrons. The van der Waals surface area contributed by atoms with Crippen molar-refractivity contribution in [1.29, 1.82) is 0 Å². The average Bonchev–Trinajstić information content (AvgIpc) is 3.00. The van der Waals surface area contributed by atoms with E-state index in [0.29, 0.717) is 34.2 Å². The zero-order valence-corrected chi connectivity index (χ0v) is 26.0. The van der Waals surface area contributed by atoms with Crippen molar-refractivity contribution < 1.29 is 43.5 Å². The Hall–Kier alpha value is -3.20. The van der Waals surface area contributed by atoms with Gasteiger partial charge in [0.2, 0.25) is 11.8 Å². The largest absolute Gasteiger partial charge is 0.497 e. The van der Waals surface area contributed by atoms with Crippen LogP contribution in [0.15, 0.2) is 48.0 Å². The van der Waals surface area contributed by atoms with Crippen LogP contribution in [0.5, 0.6) is 17.2 Å². The summed E-state index contributed by atoms with van der Waals surface area (Å²) in [6.07, 6.45) is 0.423. The number of aliphatic hydroxyl groups is 2. The molecule has 3 unspecified atom stereocenters. The van der Waals surface area contributed by atoms with Gasteiger partial charge in [-0.2, -0.15) is 0 Å². The highest BCUT2D eigenvalue weighted by Gasteiger charge is 2.41. The molecule has 1 aliphatic rings. The number of carbonyl (C=O) groups excluding carboxylic acids is 3. The summed E-state index contributed by atoms with van der Waals surface area (Å²) in [5.41, 5.74) is 1.60. The number of benzene rings is 2. The number of hydrogen-bond donors (Lipinski definition) is 3. The van der Waals surface area contributed by atoms with Gasteiger partial charge in [-0.15, -0.1) is 0 Å². The van der Waals surface area contributed by atoms with Gasteiger partial charge in [-0.1, -0.05) is 12.1 Å². The van der Waals surface area contributed by atoms with Crippen molar-refractivity contribution in [3.05, 3.63) is 62.7 Å². The summed E-state index contributed by atoms with van der Waals surface area (Å²) in [4.78, 5) is 39.4. The first kappa shape index (κ1) is 33.3. The Kier molecular flexibility index (Phi) is 13.0. The third kappa shape index (κ3) is 8.66. The number of aliphatic hydroxyl groups excluding tert-OH is 2. The van der Waals surface area contributed by atoms with Crippen molar-refractivity contribution >= 4 is 40.7 Å². The van der Waals surface area contributed by atoms with E-state index in [9.17, 15) is 24.6 Å². The fourth-order valence-corrected chi connectivity index (χ4v) is 5.42. The summed E-state index contributed by atoms with van der Waals surface area (Å²) in [5, 5.41) is 23.5. The Morgan fingerprint density at radius 2 is 1.98 bits per heavy atom. The molecule has 42 heavy (non-hydrogen) atoms. The van der Waals surface area contributed by atoms with Crippen LogP contribution in [-0.2, 0) is 20.7 Å². The normalized spacial score (nSPS) is 18.0. The lowest BCUT2D eigenvalue weighted by Gasteiger charge is -2.40. The third-order valence-electron chi connectivity index (χ3n) is 6.78. The molecule has 0 radical (unpaired) electrons. The maximum Gasteiger partial charge on any atom is 0.248 e. The molecule has 3 N–H and O–H groups in total. The number of nitrogens with one attached hydrogen (secondary N) is 1. The maximum absolute atomic E-state index is 13.4. The molecule has 1 aliphatic carbocycles. The summed E-state index contributed by atoms with van der Waals surface area (Å²) in [7, 11) is 3.01. The van der Waals surface area contributed by atoms with Crippen LogP contribution in [0.4, 0.5) is 0 Å². The predicted molar refractivity (Wildman–Crippen MR) is 163 cm³/mol. The Bertz CT molecular complexity index is 1270. The lowest BCUT2D eigenvalue weighted by molar-refractivity contribution is -0.143. The fourth-order valence-electron chi connectivity index (χ4n) is 4.66. The van der Waals surface area contributed by atoms with Crippen molar-refractivity contribution in [3.63, 3.8) is 0 Å². The highest BCUT2D eigenvalue weighted by Crippen LogP contribution is 2.37. The van der Waals surface area contributed by atoms with Crippen molar-refractivity contribution in [2.24, 2.45) is 0 Å². The third-order valence-corrected chi connectivity index (χ3v) is 7.58. The average molecular weight is 697 g/mol. The van der Waals surface area contributed by atoms with E-state index in [1.165, 1.54) is 24.2 Å². The van der Waals surface area contributed by atoms with Gasteiger partial charge in [0.05, 0.1) is 30.4 Å². The molecule has 0 bridgehead atoms. The molecule has 0 saturated heterocycles. The molecule has 12 heteroatoms. The van der Waals surface area contributed by atoms with Crippen LogP contribution in [0.2, 0.25) is 0 Å². The minimum absolute atomic E-state index is 0.0383. The lowest BCUT2D eigenvalue weighted by Crippen LogP contribution is -2.56. The first-order valence-corrected chi connectivity index (χ1v) is 14.6. The highest BCUT2D eigenvalue weighted by molar-refractivity contribution is 14.1. The van der Waals surface area contributed by atoms with Gasteiger partial charge in [0.25, 0.3) is 0 Å². The number of methoxy groups -OCH3 is 2. The SMILES string of the molecule is CCOCC(=O)N(CCc1cccc(OC)c1)C1CC(C(=O)NCCO)=CC(Oc2c(I)cc(C=O)cc2OC)C1O. The van der Waals surface area contributed by atoms with E-state index < -0.39 is 24.2 Å². The van der Waals surface area contributed by atoms with Crippen LogP contribution in [0.3, 0.4) is 0 Å². The molecule has 2 aromatic carbocycles. The second-order valence-electron chi connectivity index (χ2n) is 9.49. The van der Waals surface area contributed by atoms with Crippen molar-refractivity contribution in [1.82, 2.24) is 10.2 Å². The first-order chi connectivity index (χ1) is 20.3. The van der Waals surface area contributed by atoms with Crippen LogP contribution < -0.4 is 19.5 Å². The quantitative estimate of drug-likeness (QED) is 0.189. The molecule has 0 aliphatic heterocycles. The van der Waals surface area contributed by atoms with Crippen LogP contribution in [0, 0.1) is 3.57 Å². The monoisotopic (exact) mass is 696 g/mol. The van der Waals surface area contributed by atoms with Gasteiger partial charge in [0.1, 0.15) is 30.9 Å². The van der Waals surface area contributed by atoms with Crippen molar-refractivity contribution in [2.75, 3.05) is 47.1 Å². The fraction of sp³-hybridized carbons (Fsp3) is 0.433. The van der Waals surface area contributed by atoms with Crippen LogP contribution in [-0.4, -0.2) is 98.6 Å². The number of ether oxygens (including phenoxy) is 4. The Balaban J connectivity index is 1.99. The van der Waals surface area contributed by atoms with Gasteiger partial charge in [0.15, 0.2) is 11.5 Å². The van der Waals surface area contributed by atoms with Gasteiger partial charge >= 0.3 is 0 Å². The lowest BCUT2D eigenvalue weighted by atomic mass is 9.88. The van der Waals surface area contributed by atoms with Crippen molar-refractivity contribution in [2.45, 2.75) is 38.0 Å². The highest BCUT2D eigenvalue weighted by atomic mass is 127. The Labute approximate surface area is 258 Å². The molecule has 0 fully saturated rings. The Morgan fingerprint density at radius 1 is 1.19 bits per heavy atom. The molecule has 3 rings (SSSR count). The van der Waals surface area contributed by atoms with Crippen molar-refractivity contribution in [3.8, 4) is 17.2 Å². The minimum atomic E-state index is -1.23. The summed E-state index contributed by atoms with van der Waals surface area (Å²) < 4.78 is 23.0. The predicted octanol–water partition coefficient (Wildman–Crippen LogP) is 2.14. The van der Waals surface area contributed by atoms with Crippen LogP contribution >= 0.6 is 22.6 Å². The van der Waals surface area contributed by atoms with E-state index in [0.717, 1.165) is 5.56 Å². The molecular formula is C30H37IN2O9. The van der Waals surface area contributed by atoms with Gasteiger partial charge in [0, 0.05) is 37.3 Å². The molecular weight excluding hydrogens is 659 g/mol. The number of hydrogen-bond acceptors (Lipinski definition) is 9. The maximum atomic E-state index is 13.4. The molecule has 2 amide bonds. The number of carbonyl (C=O) groups is 3. The van der Waals surface area contributed by atoms with Crippen LogP contribution in [0.25, 0.3) is 0 Å². The molecule has 0 saturated carbocycles. The summed E-state index contributed by atoms with van der Waals surface area (Å²) in [6.45, 7) is 1.94. The number of nitrogens with zero attached hydrogens (tertiary/aromatic N) is 1. The van der Waals surface area contributed by atoms with E-state index in [-0.39, 0.29) is 55.7 Å². The molecule has 3 atom stereocenters. The number of halogens is 1. The van der Waals surface area contributed by atoms with E-state index in [1.54, 1.807) is 20.1 Å². The summed E-state index contributed by atoms with van der Waals surface area (Å²) in [5.74, 6) is 0.448. The van der Waals surface area contributed by atoms with E-state index in [1.807, 2.05) is 46.9 Å².